The van der Waals surface area contributed by atoms with E-state index < -0.39 is 6.10 Å². The SMILES string of the molecule is Cc1ccc(CN2CCn3nc([C@H](O)CO)cc3C2)s1. The smallest absolute Gasteiger partial charge is 0.121 e. The van der Waals surface area contributed by atoms with E-state index >= 15 is 0 Å². The zero-order valence-electron chi connectivity index (χ0n) is 11.5. The van der Waals surface area contributed by atoms with Gasteiger partial charge in [-0.25, -0.2) is 0 Å². The predicted molar refractivity (Wildman–Crippen MR) is 77.4 cm³/mol. The van der Waals surface area contributed by atoms with Crippen LogP contribution < -0.4 is 0 Å². The Labute approximate surface area is 122 Å². The van der Waals surface area contributed by atoms with E-state index in [1.807, 2.05) is 22.1 Å². The van der Waals surface area contributed by atoms with Gasteiger partial charge >= 0.3 is 0 Å². The molecule has 2 aromatic rings. The van der Waals surface area contributed by atoms with Gasteiger partial charge in [0.15, 0.2) is 0 Å². The fourth-order valence-corrected chi connectivity index (χ4v) is 3.46. The Bertz CT molecular complexity index is 593. The van der Waals surface area contributed by atoms with Crippen LogP contribution >= 0.6 is 11.3 Å². The van der Waals surface area contributed by atoms with E-state index in [4.69, 9.17) is 5.11 Å². The van der Waals surface area contributed by atoms with E-state index in [0.717, 1.165) is 31.9 Å². The molecule has 6 heteroatoms. The van der Waals surface area contributed by atoms with Crippen molar-refractivity contribution in [3.05, 3.63) is 39.3 Å². The molecule has 108 valence electrons. The number of aryl methyl sites for hydroxylation is 1. The largest absolute Gasteiger partial charge is 0.393 e. The van der Waals surface area contributed by atoms with Crippen molar-refractivity contribution < 1.29 is 10.2 Å². The molecule has 0 saturated heterocycles. The highest BCUT2D eigenvalue weighted by atomic mass is 32.1. The van der Waals surface area contributed by atoms with E-state index in [0.29, 0.717) is 5.69 Å². The van der Waals surface area contributed by atoms with Gasteiger partial charge < -0.3 is 10.2 Å². The van der Waals surface area contributed by atoms with Crippen LogP contribution in [0.3, 0.4) is 0 Å². The normalized spacial score (nSPS) is 17.1. The number of aromatic nitrogens is 2. The third kappa shape index (κ3) is 2.78. The Morgan fingerprint density at radius 1 is 1.40 bits per heavy atom. The van der Waals surface area contributed by atoms with E-state index in [1.54, 1.807) is 0 Å². The van der Waals surface area contributed by atoms with E-state index in [1.165, 1.54) is 9.75 Å². The molecule has 2 aromatic heterocycles. The van der Waals surface area contributed by atoms with Gasteiger partial charge in [-0.15, -0.1) is 11.3 Å². The molecular formula is C14H19N3O2S. The average molecular weight is 293 g/mol. The Kier molecular flexibility index (Phi) is 3.89. The van der Waals surface area contributed by atoms with Gasteiger partial charge in [0.1, 0.15) is 6.10 Å². The van der Waals surface area contributed by atoms with Crippen molar-refractivity contribution in [2.24, 2.45) is 0 Å². The zero-order valence-corrected chi connectivity index (χ0v) is 12.3. The lowest BCUT2D eigenvalue weighted by Gasteiger charge is -2.26. The third-order valence-corrected chi connectivity index (χ3v) is 4.57. The van der Waals surface area contributed by atoms with Gasteiger partial charge in [0, 0.05) is 29.4 Å². The highest BCUT2D eigenvalue weighted by molar-refractivity contribution is 7.11. The molecule has 1 aliphatic rings. The summed E-state index contributed by atoms with van der Waals surface area (Å²) in [4.78, 5) is 5.11. The fraction of sp³-hybridized carbons (Fsp3) is 0.500. The molecule has 1 aliphatic heterocycles. The number of aliphatic hydroxyl groups is 2. The lowest BCUT2D eigenvalue weighted by Crippen LogP contribution is -2.33. The fourth-order valence-electron chi connectivity index (χ4n) is 2.52. The Morgan fingerprint density at radius 3 is 2.95 bits per heavy atom. The number of hydrogen-bond acceptors (Lipinski definition) is 5. The van der Waals surface area contributed by atoms with Crippen LogP contribution in [0.1, 0.15) is 27.2 Å². The first-order chi connectivity index (χ1) is 9.65. The first kappa shape index (κ1) is 13.8. The molecule has 0 aromatic carbocycles. The first-order valence-electron chi connectivity index (χ1n) is 6.79. The minimum absolute atomic E-state index is 0.283. The summed E-state index contributed by atoms with van der Waals surface area (Å²) in [5, 5.41) is 23.0. The Balaban J connectivity index is 1.70. The molecule has 5 nitrogen and oxygen atoms in total. The molecule has 0 amide bonds. The number of nitrogens with zero attached hydrogens (tertiary/aromatic N) is 3. The van der Waals surface area contributed by atoms with Gasteiger partial charge in [-0.05, 0) is 25.1 Å². The number of rotatable bonds is 4. The number of thiophene rings is 1. The molecule has 0 spiro atoms. The van der Waals surface area contributed by atoms with Crippen LogP contribution in [-0.2, 0) is 19.6 Å². The lowest BCUT2D eigenvalue weighted by atomic mass is 10.2. The molecule has 20 heavy (non-hydrogen) atoms. The average Bonchev–Trinajstić information content (AvgIpc) is 3.03. The summed E-state index contributed by atoms with van der Waals surface area (Å²) in [5.41, 5.74) is 1.67. The maximum Gasteiger partial charge on any atom is 0.121 e. The highest BCUT2D eigenvalue weighted by Crippen LogP contribution is 2.22. The van der Waals surface area contributed by atoms with E-state index in [9.17, 15) is 5.11 Å². The van der Waals surface area contributed by atoms with Crippen molar-refractivity contribution in [2.45, 2.75) is 32.7 Å². The molecule has 0 aliphatic carbocycles. The molecule has 0 bridgehead atoms. The summed E-state index contributed by atoms with van der Waals surface area (Å²) in [6.07, 6.45) is -0.874. The Morgan fingerprint density at radius 2 is 2.25 bits per heavy atom. The van der Waals surface area contributed by atoms with E-state index in [-0.39, 0.29) is 6.61 Å². The molecule has 0 unspecified atom stereocenters. The third-order valence-electron chi connectivity index (χ3n) is 3.59. The highest BCUT2D eigenvalue weighted by Gasteiger charge is 2.21. The lowest BCUT2D eigenvalue weighted by molar-refractivity contribution is 0.0915. The van der Waals surface area contributed by atoms with E-state index in [2.05, 4.69) is 29.1 Å². The monoisotopic (exact) mass is 293 g/mol. The number of aliphatic hydroxyl groups excluding tert-OH is 2. The van der Waals surface area contributed by atoms with Crippen LogP contribution in [-0.4, -0.2) is 38.0 Å². The van der Waals surface area contributed by atoms with Crippen molar-refractivity contribution in [3.8, 4) is 0 Å². The summed E-state index contributed by atoms with van der Waals surface area (Å²) in [5.74, 6) is 0. The summed E-state index contributed by atoms with van der Waals surface area (Å²) in [6, 6.07) is 6.24. The maximum absolute atomic E-state index is 9.64. The summed E-state index contributed by atoms with van der Waals surface area (Å²) < 4.78 is 1.93. The van der Waals surface area contributed by atoms with Crippen molar-refractivity contribution >= 4 is 11.3 Å². The molecule has 1 atom stereocenters. The standard InChI is InChI=1S/C14H19N3O2S/c1-10-2-3-12(20-10)8-16-4-5-17-11(7-16)6-13(15-17)14(19)9-18/h2-3,6,14,18-19H,4-5,7-9H2,1H3/t14-/m1/s1. The van der Waals surface area contributed by atoms with Crippen LogP contribution in [0.2, 0.25) is 0 Å². The topological polar surface area (TPSA) is 61.5 Å². The van der Waals surface area contributed by atoms with Gasteiger partial charge in [-0.1, -0.05) is 0 Å². The second kappa shape index (κ2) is 5.65. The van der Waals surface area contributed by atoms with Crippen molar-refractivity contribution in [3.63, 3.8) is 0 Å². The second-order valence-corrected chi connectivity index (χ2v) is 6.58. The molecule has 3 rings (SSSR count). The van der Waals surface area contributed by atoms with Crippen molar-refractivity contribution in [1.82, 2.24) is 14.7 Å². The summed E-state index contributed by atoms with van der Waals surface area (Å²) in [7, 11) is 0. The van der Waals surface area contributed by atoms with Crippen molar-refractivity contribution in [2.75, 3.05) is 13.2 Å². The van der Waals surface area contributed by atoms with Crippen LogP contribution in [0.15, 0.2) is 18.2 Å². The van der Waals surface area contributed by atoms with Crippen molar-refractivity contribution in [1.29, 1.82) is 0 Å². The molecule has 0 saturated carbocycles. The second-order valence-electron chi connectivity index (χ2n) is 5.21. The number of fused-ring (bicyclic) bond motifs is 1. The first-order valence-corrected chi connectivity index (χ1v) is 7.60. The van der Waals surface area contributed by atoms with Gasteiger partial charge in [0.25, 0.3) is 0 Å². The van der Waals surface area contributed by atoms with Gasteiger partial charge in [0.2, 0.25) is 0 Å². The summed E-state index contributed by atoms with van der Waals surface area (Å²) in [6.45, 7) is 5.43. The predicted octanol–water partition coefficient (Wildman–Crippen LogP) is 1.29. The van der Waals surface area contributed by atoms with Crippen LogP contribution in [0.5, 0.6) is 0 Å². The van der Waals surface area contributed by atoms with Gasteiger partial charge in [0.05, 0.1) is 24.5 Å². The molecule has 0 radical (unpaired) electrons. The van der Waals surface area contributed by atoms with Crippen LogP contribution in [0, 0.1) is 6.92 Å². The minimum Gasteiger partial charge on any atom is -0.393 e. The van der Waals surface area contributed by atoms with Crippen LogP contribution in [0.25, 0.3) is 0 Å². The zero-order chi connectivity index (χ0) is 14.1. The van der Waals surface area contributed by atoms with Crippen LogP contribution in [0.4, 0.5) is 0 Å². The summed E-state index contributed by atoms with van der Waals surface area (Å²) >= 11 is 1.84. The Hall–Kier alpha value is -1.21. The maximum atomic E-state index is 9.64. The quantitative estimate of drug-likeness (QED) is 0.892. The molecule has 0 fully saturated rings. The van der Waals surface area contributed by atoms with Gasteiger partial charge in [-0.3, -0.25) is 9.58 Å². The minimum atomic E-state index is -0.874. The molecular weight excluding hydrogens is 274 g/mol. The molecule has 3 heterocycles. The molecule has 2 N–H and O–H groups in total. The van der Waals surface area contributed by atoms with Gasteiger partial charge in [-0.2, -0.15) is 5.10 Å². The number of hydrogen-bond donors (Lipinski definition) is 2.